The van der Waals surface area contributed by atoms with E-state index < -0.39 is 0 Å². The first-order valence-electron chi connectivity index (χ1n) is 5.41. The molecule has 2 heterocycles. The van der Waals surface area contributed by atoms with Crippen molar-refractivity contribution in [3.63, 3.8) is 0 Å². The van der Waals surface area contributed by atoms with Crippen molar-refractivity contribution < 1.29 is 9.47 Å². The minimum atomic E-state index is -0.120. The van der Waals surface area contributed by atoms with Crippen LogP contribution in [0.2, 0.25) is 0 Å². The molecule has 5 nitrogen and oxygen atoms in total. The van der Waals surface area contributed by atoms with Crippen molar-refractivity contribution in [2.45, 2.75) is 31.0 Å². The maximum absolute atomic E-state index is 7.41. The molecule has 0 unspecified atom stereocenters. The Hall–Kier alpha value is -0.810. The van der Waals surface area contributed by atoms with Gasteiger partial charge in [0.2, 0.25) is 0 Å². The first-order chi connectivity index (χ1) is 7.15. The SMILES string of the molecule is CO[C@@H]1CCO[C@@]2(CCN(C(=N)N)C2)C1. The van der Waals surface area contributed by atoms with Gasteiger partial charge in [-0.3, -0.25) is 5.41 Å². The van der Waals surface area contributed by atoms with Gasteiger partial charge < -0.3 is 20.1 Å². The van der Waals surface area contributed by atoms with Gasteiger partial charge in [0.1, 0.15) is 0 Å². The van der Waals surface area contributed by atoms with Gasteiger partial charge in [-0.15, -0.1) is 0 Å². The predicted octanol–water partition coefficient (Wildman–Crippen LogP) is 0.150. The predicted molar refractivity (Wildman–Crippen MR) is 56.8 cm³/mol. The van der Waals surface area contributed by atoms with Crippen LogP contribution in [0.3, 0.4) is 0 Å². The Kier molecular flexibility index (Phi) is 2.84. The topological polar surface area (TPSA) is 71.6 Å². The third kappa shape index (κ3) is 2.08. The van der Waals surface area contributed by atoms with Crippen molar-refractivity contribution in [2.75, 3.05) is 26.8 Å². The number of methoxy groups -OCH3 is 1. The number of guanidine groups is 1. The monoisotopic (exact) mass is 213 g/mol. The number of likely N-dealkylation sites (tertiary alicyclic amines) is 1. The van der Waals surface area contributed by atoms with Gasteiger partial charge in [-0.1, -0.05) is 0 Å². The average Bonchev–Trinajstić information content (AvgIpc) is 2.62. The lowest BCUT2D eigenvalue weighted by Crippen LogP contribution is -2.46. The molecular weight excluding hydrogens is 194 g/mol. The van der Waals surface area contributed by atoms with E-state index in [0.29, 0.717) is 6.10 Å². The Morgan fingerprint density at radius 3 is 3.07 bits per heavy atom. The van der Waals surface area contributed by atoms with Crippen LogP contribution in [0.5, 0.6) is 0 Å². The second-order valence-corrected chi connectivity index (χ2v) is 4.44. The van der Waals surface area contributed by atoms with E-state index in [1.165, 1.54) is 0 Å². The summed E-state index contributed by atoms with van der Waals surface area (Å²) in [7, 11) is 1.75. The van der Waals surface area contributed by atoms with E-state index in [0.717, 1.165) is 39.0 Å². The molecule has 2 aliphatic heterocycles. The molecule has 5 heteroatoms. The number of hydrogen-bond donors (Lipinski definition) is 2. The largest absolute Gasteiger partial charge is 0.381 e. The van der Waals surface area contributed by atoms with Gasteiger partial charge in [0, 0.05) is 33.2 Å². The first kappa shape index (κ1) is 10.7. The zero-order chi connectivity index (χ0) is 10.9. The molecule has 0 aromatic rings. The third-order valence-corrected chi connectivity index (χ3v) is 3.44. The molecule has 2 saturated heterocycles. The number of hydrogen-bond acceptors (Lipinski definition) is 3. The molecule has 2 rings (SSSR count). The maximum Gasteiger partial charge on any atom is 0.188 e. The van der Waals surface area contributed by atoms with E-state index in [-0.39, 0.29) is 11.6 Å². The number of nitrogens with one attached hydrogen (secondary N) is 1. The Bertz CT molecular complexity index is 259. The van der Waals surface area contributed by atoms with Crippen LogP contribution in [0.1, 0.15) is 19.3 Å². The quantitative estimate of drug-likeness (QED) is 0.480. The van der Waals surface area contributed by atoms with Gasteiger partial charge in [-0.2, -0.15) is 0 Å². The van der Waals surface area contributed by atoms with E-state index in [1.807, 2.05) is 4.90 Å². The van der Waals surface area contributed by atoms with E-state index in [1.54, 1.807) is 7.11 Å². The normalized spacial score (nSPS) is 36.1. The van der Waals surface area contributed by atoms with Crippen LogP contribution < -0.4 is 5.73 Å². The maximum atomic E-state index is 7.41. The third-order valence-electron chi connectivity index (χ3n) is 3.44. The van der Waals surface area contributed by atoms with Gasteiger partial charge in [-0.25, -0.2) is 0 Å². The Morgan fingerprint density at radius 1 is 1.67 bits per heavy atom. The number of rotatable bonds is 1. The second kappa shape index (κ2) is 3.98. The van der Waals surface area contributed by atoms with E-state index in [2.05, 4.69) is 0 Å². The average molecular weight is 213 g/mol. The molecule has 0 bridgehead atoms. The summed E-state index contributed by atoms with van der Waals surface area (Å²) in [6.07, 6.45) is 3.14. The smallest absolute Gasteiger partial charge is 0.188 e. The van der Waals surface area contributed by atoms with Crippen molar-refractivity contribution in [1.82, 2.24) is 4.90 Å². The van der Waals surface area contributed by atoms with Gasteiger partial charge in [0.25, 0.3) is 0 Å². The van der Waals surface area contributed by atoms with Crippen LogP contribution in [0.4, 0.5) is 0 Å². The van der Waals surface area contributed by atoms with E-state index in [4.69, 9.17) is 20.6 Å². The molecule has 1 spiro atoms. The Morgan fingerprint density at radius 2 is 2.47 bits per heavy atom. The molecule has 15 heavy (non-hydrogen) atoms. The minimum Gasteiger partial charge on any atom is -0.381 e. The fourth-order valence-corrected chi connectivity index (χ4v) is 2.52. The summed E-state index contributed by atoms with van der Waals surface area (Å²) in [5.74, 6) is 0.148. The van der Waals surface area contributed by atoms with Crippen LogP contribution in [-0.2, 0) is 9.47 Å². The molecule has 0 aliphatic carbocycles. The summed E-state index contributed by atoms with van der Waals surface area (Å²) in [6, 6.07) is 0. The van der Waals surface area contributed by atoms with Crippen LogP contribution in [-0.4, -0.2) is 49.4 Å². The molecule has 2 aliphatic rings. The zero-order valence-electron chi connectivity index (χ0n) is 9.16. The highest BCUT2D eigenvalue weighted by atomic mass is 16.5. The van der Waals surface area contributed by atoms with Gasteiger partial charge in [0.05, 0.1) is 11.7 Å². The van der Waals surface area contributed by atoms with Crippen molar-refractivity contribution in [3.8, 4) is 0 Å². The molecule has 3 N–H and O–H groups in total. The molecule has 0 radical (unpaired) electrons. The summed E-state index contributed by atoms with van der Waals surface area (Å²) in [4.78, 5) is 1.87. The molecule has 86 valence electrons. The summed E-state index contributed by atoms with van der Waals surface area (Å²) in [6.45, 7) is 2.32. The molecule has 2 atom stereocenters. The Balaban J connectivity index is 1.99. The number of nitrogens with two attached hydrogens (primary N) is 1. The fourth-order valence-electron chi connectivity index (χ4n) is 2.52. The van der Waals surface area contributed by atoms with E-state index in [9.17, 15) is 0 Å². The van der Waals surface area contributed by atoms with Crippen LogP contribution >= 0.6 is 0 Å². The standard InChI is InChI=1S/C10H19N3O2/c1-14-8-2-5-15-10(6-8)3-4-13(7-10)9(11)12/h8H,2-7H2,1H3,(H3,11,12)/t8-,10+/m1/s1. The highest BCUT2D eigenvalue weighted by Gasteiger charge is 2.43. The molecule has 0 amide bonds. The lowest BCUT2D eigenvalue weighted by atomic mass is 9.91. The lowest BCUT2D eigenvalue weighted by Gasteiger charge is -2.37. The highest BCUT2D eigenvalue weighted by Crippen LogP contribution is 2.34. The molecule has 0 saturated carbocycles. The number of nitrogens with zero attached hydrogens (tertiary/aromatic N) is 1. The second-order valence-electron chi connectivity index (χ2n) is 4.44. The molecule has 2 fully saturated rings. The fraction of sp³-hybridized carbons (Fsp3) is 0.900. The molecular formula is C10H19N3O2. The zero-order valence-corrected chi connectivity index (χ0v) is 9.16. The van der Waals surface area contributed by atoms with Crippen LogP contribution in [0, 0.1) is 5.41 Å². The first-order valence-corrected chi connectivity index (χ1v) is 5.41. The van der Waals surface area contributed by atoms with Gasteiger partial charge in [0.15, 0.2) is 5.96 Å². The summed E-state index contributed by atoms with van der Waals surface area (Å²) >= 11 is 0. The van der Waals surface area contributed by atoms with Crippen molar-refractivity contribution in [3.05, 3.63) is 0 Å². The summed E-state index contributed by atoms with van der Waals surface area (Å²) in [5.41, 5.74) is 5.36. The minimum absolute atomic E-state index is 0.120. The van der Waals surface area contributed by atoms with Crippen molar-refractivity contribution in [1.29, 1.82) is 5.41 Å². The van der Waals surface area contributed by atoms with E-state index >= 15 is 0 Å². The van der Waals surface area contributed by atoms with Crippen LogP contribution in [0.25, 0.3) is 0 Å². The summed E-state index contributed by atoms with van der Waals surface area (Å²) < 4.78 is 11.3. The summed E-state index contributed by atoms with van der Waals surface area (Å²) in [5, 5.41) is 7.41. The van der Waals surface area contributed by atoms with Crippen molar-refractivity contribution in [2.24, 2.45) is 5.73 Å². The Labute approximate surface area is 90.0 Å². The van der Waals surface area contributed by atoms with Crippen molar-refractivity contribution >= 4 is 5.96 Å². The molecule has 0 aromatic heterocycles. The molecule has 0 aromatic carbocycles. The van der Waals surface area contributed by atoms with Gasteiger partial charge in [-0.05, 0) is 12.8 Å². The lowest BCUT2D eigenvalue weighted by molar-refractivity contribution is -0.117. The highest BCUT2D eigenvalue weighted by molar-refractivity contribution is 5.75. The van der Waals surface area contributed by atoms with Crippen LogP contribution in [0.15, 0.2) is 0 Å². The van der Waals surface area contributed by atoms with Gasteiger partial charge >= 0.3 is 0 Å². The number of ether oxygens (including phenoxy) is 2.